The van der Waals surface area contributed by atoms with Gasteiger partial charge >= 0.3 is 0 Å². The number of benzene rings is 2. The zero-order valence-electron chi connectivity index (χ0n) is 31.6. The predicted molar refractivity (Wildman–Crippen MR) is 189 cm³/mol. The summed E-state index contributed by atoms with van der Waals surface area (Å²) in [4.78, 5) is 0. The van der Waals surface area contributed by atoms with E-state index in [2.05, 4.69) is 171 Å². The van der Waals surface area contributed by atoms with Gasteiger partial charge in [0.25, 0.3) is 0 Å². The second-order valence-corrected chi connectivity index (χ2v) is 16.8. The molecule has 0 aliphatic carbocycles. The molecule has 2 heterocycles. The summed E-state index contributed by atoms with van der Waals surface area (Å²) >= 11 is 0. The van der Waals surface area contributed by atoms with Crippen LogP contribution in [0.2, 0.25) is 0 Å². The van der Waals surface area contributed by atoms with Crippen molar-refractivity contribution < 1.29 is 14.2 Å². The molecule has 3 heteroatoms. The fraction of sp³-hybridized carbons (Fsp3) is 0.714. The molecule has 252 valence electrons. The van der Waals surface area contributed by atoms with Crippen LogP contribution in [0.3, 0.4) is 0 Å². The molecule has 0 spiro atoms. The Morgan fingerprint density at radius 2 is 0.689 bits per heavy atom. The van der Waals surface area contributed by atoms with E-state index < -0.39 is 22.4 Å². The van der Waals surface area contributed by atoms with Gasteiger partial charge in [-0.15, -0.1) is 0 Å². The molecule has 2 aliphatic rings. The Kier molecular flexibility index (Phi) is 9.71. The highest BCUT2D eigenvalue weighted by Crippen LogP contribution is 2.76. The molecular weight excluding hydrogens is 552 g/mol. The van der Waals surface area contributed by atoms with Crippen molar-refractivity contribution in [2.75, 3.05) is 0 Å². The quantitative estimate of drug-likeness (QED) is 0.198. The molecule has 3 nitrogen and oxygen atoms in total. The van der Waals surface area contributed by atoms with E-state index in [1.165, 1.54) is 11.1 Å². The molecule has 45 heavy (non-hydrogen) atoms. The minimum absolute atomic E-state index is 0.0963. The smallest absolute Gasteiger partial charge is 0.134 e. The van der Waals surface area contributed by atoms with Crippen molar-refractivity contribution in [2.24, 2.45) is 47.3 Å². The van der Waals surface area contributed by atoms with Crippen molar-refractivity contribution >= 4 is 0 Å². The van der Waals surface area contributed by atoms with Crippen molar-refractivity contribution in [2.45, 2.75) is 144 Å². The van der Waals surface area contributed by atoms with Gasteiger partial charge in [-0.05, 0) is 58.5 Å². The van der Waals surface area contributed by atoms with Gasteiger partial charge in [0.05, 0.1) is 0 Å². The summed E-state index contributed by atoms with van der Waals surface area (Å²) in [6, 6.07) is 22.1. The topological polar surface area (TPSA) is 34.3 Å². The lowest BCUT2D eigenvalue weighted by molar-refractivity contribution is -0.274. The first-order valence-corrected chi connectivity index (χ1v) is 18.1. The van der Waals surface area contributed by atoms with E-state index >= 15 is 0 Å². The van der Waals surface area contributed by atoms with Gasteiger partial charge < -0.3 is 14.2 Å². The highest BCUT2D eigenvalue weighted by atomic mass is 16.7. The summed E-state index contributed by atoms with van der Waals surface area (Å²) < 4.78 is 23.5. The molecule has 4 atom stereocenters. The summed E-state index contributed by atoms with van der Waals surface area (Å²) in [5, 5.41) is 0. The summed E-state index contributed by atoms with van der Waals surface area (Å²) in [6.07, 6.45) is 0. The van der Waals surface area contributed by atoms with Gasteiger partial charge in [-0.3, -0.25) is 0 Å². The molecule has 2 fully saturated rings. The van der Waals surface area contributed by atoms with Gasteiger partial charge in [0.2, 0.25) is 0 Å². The highest BCUT2D eigenvalue weighted by molar-refractivity contribution is 5.43. The molecular formula is C42H66O3. The van der Waals surface area contributed by atoms with E-state index in [1.807, 2.05) is 0 Å². The summed E-state index contributed by atoms with van der Waals surface area (Å²) in [5.41, 5.74) is -1.05. The van der Waals surface area contributed by atoms with Crippen LogP contribution in [0.1, 0.15) is 122 Å². The van der Waals surface area contributed by atoms with Crippen LogP contribution in [0, 0.1) is 47.3 Å². The van der Waals surface area contributed by atoms with Gasteiger partial charge in [0, 0.05) is 0 Å². The predicted octanol–water partition coefficient (Wildman–Crippen LogP) is 11.1. The number of rotatable bonds is 14. The van der Waals surface area contributed by atoms with E-state index in [9.17, 15) is 0 Å². The van der Waals surface area contributed by atoms with Crippen molar-refractivity contribution in [3.63, 3.8) is 0 Å². The summed E-state index contributed by atoms with van der Waals surface area (Å²) in [5.74, 6) is 1.79. The van der Waals surface area contributed by atoms with Crippen LogP contribution in [-0.4, -0.2) is 22.4 Å². The molecule has 0 amide bonds. The van der Waals surface area contributed by atoms with Gasteiger partial charge in [0.1, 0.15) is 33.6 Å². The first-order chi connectivity index (χ1) is 20.9. The normalized spacial score (nSPS) is 26.8. The lowest BCUT2D eigenvalue weighted by Gasteiger charge is -2.57. The Morgan fingerprint density at radius 3 is 0.867 bits per heavy atom. The maximum Gasteiger partial charge on any atom is 0.134 e. The Morgan fingerprint density at radius 1 is 0.422 bits per heavy atom. The molecule has 0 bridgehead atoms. The van der Waals surface area contributed by atoms with Crippen LogP contribution in [0.4, 0.5) is 0 Å². The third-order valence-electron chi connectivity index (χ3n) is 12.3. The van der Waals surface area contributed by atoms with Crippen LogP contribution in [0.5, 0.6) is 0 Å². The Hall–Kier alpha value is -1.68. The van der Waals surface area contributed by atoms with Crippen molar-refractivity contribution in [3.8, 4) is 0 Å². The van der Waals surface area contributed by atoms with E-state index in [0.717, 1.165) is 0 Å². The monoisotopic (exact) mass is 619 g/mol. The molecule has 4 unspecified atom stereocenters. The van der Waals surface area contributed by atoms with Gasteiger partial charge in [-0.25, -0.2) is 0 Å². The van der Waals surface area contributed by atoms with Crippen molar-refractivity contribution in [1.82, 2.24) is 0 Å². The third-order valence-corrected chi connectivity index (χ3v) is 12.3. The van der Waals surface area contributed by atoms with Gasteiger partial charge in [-0.2, -0.15) is 0 Å². The van der Waals surface area contributed by atoms with Crippen molar-refractivity contribution in [1.29, 1.82) is 0 Å². The number of ether oxygens (including phenoxy) is 3. The molecule has 0 saturated carbocycles. The van der Waals surface area contributed by atoms with E-state index in [-0.39, 0.29) is 34.9 Å². The minimum atomic E-state index is -0.787. The SMILES string of the molecule is CC(C)C(OC(c1ccccc1)(C(C)C)C1(C(C)C)OC1(C(C)C)C(C)C)(c1ccccc1)C1(C(C)C)OC1(C(C)C)C(C)C. The Bertz CT molecular complexity index is 1160. The lowest BCUT2D eigenvalue weighted by Crippen LogP contribution is -2.66. The van der Waals surface area contributed by atoms with Crippen LogP contribution in [0.15, 0.2) is 60.7 Å². The molecule has 4 rings (SSSR count). The maximum atomic E-state index is 8.56. The fourth-order valence-electron chi connectivity index (χ4n) is 10.8. The van der Waals surface area contributed by atoms with Crippen molar-refractivity contribution in [3.05, 3.63) is 71.8 Å². The molecule has 0 aromatic heterocycles. The summed E-state index contributed by atoms with van der Waals surface area (Å²) in [7, 11) is 0. The molecule has 2 saturated heterocycles. The first-order valence-electron chi connectivity index (χ1n) is 18.1. The van der Waals surface area contributed by atoms with Crippen LogP contribution in [-0.2, 0) is 25.4 Å². The van der Waals surface area contributed by atoms with Gasteiger partial charge in [0.15, 0.2) is 0 Å². The third kappa shape index (κ3) is 4.45. The molecule has 0 N–H and O–H groups in total. The first kappa shape index (κ1) is 36.2. The molecule has 2 aromatic rings. The van der Waals surface area contributed by atoms with E-state index in [0.29, 0.717) is 23.7 Å². The Labute approximate surface area is 277 Å². The highest BCUT2D eigenvalue weighted by Gasteiger charge is 2.88. The Balaban J connectivity index is 2.23. The minimum Gasteiger partial charge on any atom is -0.358 e. The summed E-state index contributed by atoms with van der Waals surface area (Å²) in [6.45, 7) is 37.6. The fourth-order valence-corrected chi connectivity index (χ4v) is 10.8. The van der Waals surface area contributed by atoms with E-state index in [1.54, 1.807) is 0 Å². The molecule has 2 aromatic carbocycles. The van der Waals surface area contributed by atoms with Crippen LogP contribution >= 0.6 is 0 Å². The zero-order valence-corrected chi connectivity index (χ0v) is 31.6. The van der Waals surface area contributed by atoms with Crippen LogP contribution in [0.25, 0.3) is 0 Å². The molecule has 0 radical (unpaired) electrons. The maximum absolute atomic E-state index is 8.56. The zero-order chi connectivity index (χ0) is 34.0. The van der Waals surface area contributed by atoms with Crippen LogP contribution < -0.4 is 0 Å². The number of hydrogen-bond donors (Lipinski definition) is 0. The second-order valence-electron chi connectivity index (χ2n) is 16.8. The van der Waals surface area contributed by atoms with E-state index in [4.69, 9.17) is 14.2 Å². The largest absolute Gasteiger partial charge is 0.358 e. The standard InChI is InChI=1S/C42H66O3/c1-27(2)37(28(3)4)41(44-37,33(13)14)39(31(9)10,35-23-19-17-20-24-35)43-40(32(11)12,36-25-21-18-22-26-36)42(34(15)16)38(45-42,29(5)6)30(7)8/h17-34H,1-16H3. The second kappa shape index (κ2) is 12.1. The number of hydrogen-bond acceptors (Lipinski definition) is 3. The average molecular weight is 619 g/mol. The lowest BCUT2D eigenvalue weighted by atomic mass is 9.56. The average Bonchev–Trinajstić information content (AvgIpc) is 3.86. The van der Waals surface area contributed by atoms with Gasteiger partial charge in [-0.1, -0.05) is 171 Å². The molecule has 2 aliphatic heterocycles. The number of epoxide rings is 2.